The Morgan fingerprint density at radius 1 is 1.22 bits per heavy atom. The van der Waals surface area contributed by atoms with Crippen LogP contribution in [0.15, 0.2) is 18.2 Å². The predicted octanol–water partition coefficient (Wildman–Crippen LogP) is 3.25. The molecule has 0 spiro atoms. The highest BCUT2D eigenvalue weighted by Crippen LogP contribution is 2.29. The number of rotatable bonds is 2. The summed E-state index contributed by atoms with van der Waals surface area (Å²) >= 11 is 5.59. The van der Waals surface area contributed by atoms with Gasteiger partial charge in [-0.25, -0.2) is 0 Å². The van der Waals surface area contributed by atoms with Crippen LogP contribution in [0.5, 0.6) is 0 Å². The van der Waals surface area contributed by atoms with E-state index >= 15 is 0 Å². The minimum atomic E-state index is 0.0653. The summed E-state index contributed by atoms with van der Waals surface area (Å²) in [6.07, 6.45) is 2.09. The third-order valence-electron chi connectivity index (χ3n) is 3.68. The summed E-state index contributed by atoms with van der Waals surface area (Å²) < 4.78 is 0. The first-order valence-corrected chi connectivity index (χ1v) is 7.05. The molecule has 1 fully saturated rings. The second-order valence-corrected chi connectivity index (χ2v) is 5.48. The Labute approximate surface area is 114 Å². The molecule has 3 heteroatoms. The average molecular weight is 266 g/mol. The number of hydrogen-bond acceptors (Lipinski definition) is 1. The molecule has 1 heterocycles. The summed E-state index contributed by atoms with van der Waals surface area (Å²) in [4.78, 5) is 13.4. The van der Waals surface area contributed by atoms with Gasteiger partial charge in [0.2, 0.25) is 5.91 Å². The Bertz CT molecular complexity index is 416. The molecule has 0 bridgehead atoms. The third kappa shape index (κ3) is 3.05. The first-order valence-electron chi connectivity index (χ1n) is 6.52. The summed E-state index contributed by atoms with van der Waals surface area (Å²) in [6, 6.07) is 6.75. The van der Waals surface area contributed by atoms with Gasteiger partial charge in [-0.1, -0.05) is 29.3 Å². The van der Waals surface area contributed by atoms with E-state index in [2.05, 4.69) is 32.0 Å². The lowest BCUT2D eigenvalue weighted by Gasteiger charge is -2.32. The van der Waals surface area contributed by atoms with Crippen molar-refractivity contribution in [2.75, 3.05) is 19.0 Å². The minimum absolute atomic E-state index is 0.0653. The van der Waals surface area contributed by atoms with Crippen LogP contribution in [0.3, 0.4) is 0 Å². The van der Waals surface area contributed by atoms with Crippen LogP contribution in [-0.4, -0.2) is 29.8 Å². The number of halogens is 1. The summed E-state index contributed by atoms with van der Waals surface area (Å²) in [5.41, 5.74) is 4.07. The van der Waals surface area contributed by atoms with Crippen LogP contribution in [0.2, 0.25) is 0 Å². The fraction of sp³-hybridized carbons (Fsp3) is 0.533. The van der Waals surface area contributed by atoms with Crippen molar-refractivity contribution in [3.8, 4) is 0 Å². The van der Waals surface area contributed by atoms with E-state index in [-0.39, 0.29) is 11.8 Å². The molecule has 18 heavy (non-hydrogen) atoms. The van der Waals surface area contributed by atoms with Crippen LogP contribution < -0.4 is 0 Å². The standard InChI is InChI=1S/C15H20ClNO/c1-11-7-12(2)9-14(8-11)13-3-5-17(6-4-13)15(18)10-16/h7-9,13H,3-6,10H2,1-2H3. The van der Waals surface area contributed by atoms with E-state index < -0.39 is 0 Å². The number of aryl methyl sites for hydroxylation is 2. The molecular weight excluding hydrogens is 246 g/mol. The molecule has 0 unspecified atom stereocenters. The van der Waals surface area contributed by atoms with Gasteiger partial charge in [-0.3, -0.25) is 4.79 Å². The van der Waals surface area contributed by atoms with Crippen LogP contribution >= 0.6 is 11.6 Å². The molecule has 0 saturated carbocycles. The lowest BCUT2D eigenvalue weighted by Crippen LogP contribution is -2.38. The van der Waals surface area contributed by atoms with Crippen molar-refractivity contribution < 1.29 is 4.79 Å². The highest BCUT2D eigenvalue weighted by Gasteiger charge is 2.23. The molecular formula is C15H20ClNO. The maximum atomic E-state index is 11.5. The fourth-order valence-electron chi connectivity index (χ4n) is 2.79. The zero-order chi connectivity index (χ0) is 13.1. The summed E-state index contributed by atoms with van der Waals surface area (Å²) in [6.45, 7) is 5.96. The topological polar surface area (TPSA) is 20.3 Å². The fourth-order valence-corrected chi connectivity index (χ4v) is 2.96. The highest BCUT2D eigenvalue weighted by molar-refractivity contribution is 6.27. The Morgan fingerprint density at radius 2 is 1.78 bits per heavy atom. The summed E-state index contributed by atoms with van der Waals surface area (Å²) in [5.74, 6) is 0.757. The first-order chi connectivity index (χ1) is 8.60. The van der Waals surface area contributed by atoms with Gasteiger partial charge in [0.15, 0.2) is 0 Å². The molecule has 1 saturated heterocycles. The first kappa shape index (κ1) is 13.4. The minimum Gasteiger partial charge on any atom is -0.342 e. The smallest absolute Gasteiger partial charge is 0.237 e. The molecule has 0 aliphatic carbocycles. The van der Waals surface area contributed by atoms with Crippen molar-refractivity contribution in [1.29, 1.82) is 0 Å². The average Bonchev–Trinajstić information content (AvgIpc) is 2.37. The van der Waals surface area contributed by atoms with Gasteiger partial charge in [0.05, 0.1) is 0 Å². The third-order valence-corrected chi connectivity index (χ3v) is 3.91. The van der Waals surface area contributed by atoms with E-state index in [1.165, 1.54) is 16.7 Å². The zero-order valence-corrected chi connectivity index (χ0v) is 11.8. The Kier molecular flexibility index (Phi) is 4.28. The maximum Gasteiger partial charge on any atom is 0.237 e. The van der Waals surface area contributed by atoms with Gasteiger partial charge in [0, 0.05) is 13.1 Å². The number of benzene rings is 1. The summed E-state index contributed by atoms with van der Waals surface area (Å²) in [5, 5.41) is 0. The van der Waals surface area contributed by atoms with Crippen molar-refractivity contribution in [2.24, 2.45) is 0 Å². The molecule has 0 radical (unpaired) electrons. The van der Waals surface area contributed by atoms with Crippen LogP contribution in [0, 0.1) is 13.8 Å². The number of likely N-dealkylation sites (tertiary alicyclic amines) is 1. The van der Waals surface area contributed by atoms with Crippen LogP contribution in [-0.2, 0) is 4.79 Å². The van der Waals surface area contributed by atoms with Gasteiger partial charge < -0.3 is 4.90 Å². The van der Waals surface area contributed by atoms with E-state index in [1.807, 2.05) is 4.90 Å². The van der Waals surface area contributed by atoms with Crippen LogP contribution in [0.1, 0.15) is 35.4 Å². The molecule has 0 atom stereocenters. The Hall–Kier alpha value is -1.02. The number of amides is 1. The normalized spacial score (nSPS) is 16.9. The molecule has 98 valence electrons. The van der Waals surface area contributed by atoms with Crippen molar-refractivity contribution in [3.05, 3.63) is 34.9 Å². The van der Waals surface area contributed by atoms with Crippen molar-refractivity contribution in [1.82, 2.24) is 4.90 Å². The van der Waals surface area contributed by atoms with E-state index in [0.717, 1.165) is 25.9 Å². The van der Waals surface area contributed by atoms with Gasteiger partial charge in [-0.15, -0.1) is 11.6 Å². The lowest BCUT2D eigenvalue weighted by atomic mass is 9.88. The second kappa shape index (κ2) is 5.75. The molecule has 1 aromatic rings. The molecule has 0 aromatic heterocycles. The number of nitrogens with zero attached hydrogens (tertiary/aromatic N) is 1. The molecule has 1 aromatic carbocycles. The van der Waals surface area contributed by atoms with Gasteiger partial charge >= 0.3 is 0 Å². The number of piperidine rings is 1. The molecule has 1 aliphatic rings. The number of alkyl halides is 1. The Balaban J connectivity index is 2.03. The van der Waals surface area contributed by atoms with Crippen molar-refractivity contribution in [2.45, 2.75) is 32.6 Å². The van der Waals surface area contributed by atoms with Gasteiger partial charge in [-0.05, 0) is 38.2 Å². The largest absolute Gasteiger partial charge is 0.342 e. The SMILES string of the molecule is Cc1cc(C)cc(C2CCN(C(=O)CCl)CC2)c1. The monoisotopic (exact) mass is 265 g/mol. The number of carbonyl (C=O) groups excluding carboxylic acids is 1. The lowest BCUT2D eigenvalue weighted by molar-refractivity contribution is -0.129. The van der Waals surface area contributed by atoms with E-state index in [1.54, 1.807) is 0 Å². The Morgan fingerprint density at radius 3 is 2.28 bits per heavy atom. The molecule has 2 nitrogen and oxygen atoms in total. The maximum absolute atomic E-state index is 11.5. The van der Waals surface area contributed by atoms with Gasteiger partial charge in [0.1, 0.15) is 5.88 Å². The van der Waals surface area contributed by atoms with Crippen molar-refractivity contribution in [3.63, 3.8) is 0 Å². The van der Waals surface area contributed by atoms with E-state index in [0.29, 0.717) is 5.92 Å². The predicted molar refractivity (Wildman–Crippen MR) is 75.2 cm³/mol. The van der Waals surface area contributed by atoms with Crippen molar-refractivity contribution >= 4 is 17.5 Å². The summed E-state index contributed by atoms with van der Waals surface area (Å²) in [7, 11) is 0. The van der Waals surface area contributed by atoms with Gasteiger partial charge in [0.25, 0.3) is 0 Å². The molecule has 1 amide bonds. The van der Waals surface area contributed by atoms with Gasteiger partial charge in [-0.2, -0.15) is 0 Å². The highest BCUT2D eigenvalue weighted by atomic mass is 35.5. The number of hydrogen-bond donors (Lipinski definition) is 0. The van der Waals surface area contributed by atoms with E-state index in [4.69, 9.17) is 11.6 Å². The van der Waals surface area contributed by atoms with Crippen LogP contribution in [0.4, 0.5) is 0 Å². The zero-order valence-electron chi connectivity index (χ0n) is 11.1. The molecule has 0 N–H and O–H groups in total. The molecule has 2 rings (SSSR count). The number of carbonyl (C=O) groups is 1. The van der Waals surface area contributed by atoms with E-state index in [9.17, 15) is 4.79 Å². The quantitative estimate of drug-likeness (QED) is 0.752. The second-order valence-electron chi connectivity index (χ2n) is 5.21. The molecule has 1 aliphatic heterocycles. The van der Waals surface area contributed by atoms with Crippen LogP contribution in [0.25, 0.3) is 0 Å².